The number of likely N-dealkylation sites (tertiary alicyclic amines) is 1. The lowest BCUT2D eigenvalue weighted by atomic mass is 9.99. The molecule has 2 aliphatic rings. The molecule has 0 aromatic carbocycles. The smallest absolute Gasteiger partial charge is 0.407 e. The van der Waals surface area contributed by atoms with Crippen molar-refractivity contribution in [1.29, 1.82) is 0 Å². The second-order valence-electron chi connectivity index (χ2n) is 6.02. The average molecular weight is 314 g/mol. The van der Waals surface area contributed by atoms with Gasteiger partial charge in [0.05, 0.1) is 19.8 Å². The zero-order chi connectivity index (χ0) is 16.2. The van der Waals surface area contributed by atoms with Crippen LogP contribution in [0, 0.1) is 5.92 Å². The van der Waals surface area contributed by atoms with Crippen molar-refractivity contribution in [2.75, 3.05) is 32.9 Å². The van der Waals surface area contributed by atoms with Gasteiger partial charge in [-0.15, -0.1) is 0 Å². The van der Waals surface area contributed by atoms with E-state index in [0.29, 0.717) is 39.1 Å². The van der Waals surface area contributed by atoms with E-state index in [2.05, 4.69) is 5.32 Å². The Hall–Kier alpha value is -1.34. The molecule has 7 heteroatoms. The largest absolute Gasteiger partial charge is 0.450 e. The number of carbonyl (C=O) groups is 2. The lowest BCUT2D eigenvalue weighted by Gasteiger charge is -2.39. The minimum absolute atomic E-state index is 0.00762. The molecule has 2 aliphatic heterocycles. The summed E-state index contributed by atoms with van der Waals surface area (Å²) in [5, 5.41) is 2.66. The molecule has 0 aromatic heterocycles. The molecule has 2 saturated heterocycles. The van der Waals surface area contributed by atoms with Gasteiger partial charge in [0.1, 0.15) is 6.04 Å². The fourth-order valence-electron chi connectivity index (χ4n) is 2.86. The Morgan fingerprint density at radius 3 is 2.32 bits per heavy atom. The SMILES string of the molecule is CCOC(=O)N[C@@H](C(=O)N1CCC2(CC1)OCCO2)C(C)C. The van der Waals surface area contributed by atoms with Gasteiger partial charge in [-0.2, -0.15) is 0 Å². The Morgan fingerprint density at radius 1 is 1.23 bits per heavy atom. The number of nitrogens with one attached hydrogen (secondary N) is 1. The van der Waals surface area contributed by atoms with Gasteiger partial charge >= 0.3 is 6.09 Å². The van der Waals surface area contributed by atoms with E-state index in [4.69, 9.17) is 14.2 Å². The van der Waals surface area contributed by atoms with Crippen LogP contribution in [0.4, 0.5) is 4.79 Å². The molecule has 22 heavy (non-hydrogen) atoms. The zero-order valence-electron chi connectivity index (χ0n) is 13.6. The van der Waals surface area contributed by atoms with Crippen LogP contribution in [0.25, 0.3) is 0 Å². The second kappa shape index (κ2) is 7.28. The van der Waals surface area contributed by atoms with Crippen LogP contribution in [0.2, 0.25) is 0 Å². The molecule has 0 bridgehead atoms. The summed E-state index contributed by atoms with van der Waals surface area (Å²) in [4.78, 5) is 26.0. The van der Waals surface area contributed by atoms with Crippen molar-refractivity contribution in [3.8, 4) is 0 Å². The summed E-state index contributed by atoms with van der Waals surface area (Å²) in [6, 6.07) is -0.571. The molecular formula is C15H26N2O5. The van der Waals surface area contributed by atoms with E-state index in [0.717, 1.165) is 0 Å². The van der Waals surface area contributed by atoms with E-state index in [9.17, 15) is 9.59 Å². The van der Waals surface area contributed by atoms with E-state index in [-0.39, 0.29) is 18.4 Å². The lowest BCUT2D eigenvalue weighted by Crippen LogP contribution is -2.55. The van der Waals surface area contributed by atoms with E-state index < -0.39 is 17.9 Å². The monoisotopic (exact) mass is 314 g/mol. The van der Waals surface area contributed by atoms with Gasteiger partial charge in [0.25, 0.3) is 0 Å². The first-order valence-electron chi connectivity index (χ1n) is 7.97. The Kier molecular flexibility index (Phi) is 5.63. The van der Waals surface area contributed by atoms with E-state index in [1.54, 1.807) is 11.8 Å². The van der Waals surface area contributed by atoms with Crippen LogP contribution in [0.5, 0.6) is 0 Å². The molecular weight excluding hydrogens is 288 g/mol. The molecule has 0 saturated carbocycles. The summed E-state index contributed by atoms with van der Waals surface area (Å²) in [5.74, 6) is -0.582. The maximum Gasteiger partial charge on any atom is 0.407 e. The quantitative estimate of drug-likeness (QED) is 0.841. The molecule has 0 radical (unpaired) electrons. The molecule has 0 aliphatic carbocycles. The minimum Gasteiger partial charge on any atom is -0.450 e. The molecule has 7 nitrogen and oxygen atoms in total. The van der Waals surface area contributed by atoms with Gasteiger partial charge < -0.3 is 24.4 Å². The molecule has 1 spiro atoms. The number of rotatable bonds is 4. The van der Waals surface area contributed by atoms with Crippen molar-refractivity contribution >= 4 is 12.0 Å². The summed E-state index contributed by atoms with van der Waals surface area (Å²) < 4.78 is 16.2. The molecule has 0 unspecified atom stereocenters. The maximum atomic E-state index is 12.7. The third-order valence-corrected chi connectivity index (χ3v) is 4.13. The summed E-state index contributed by atoms with van der Waals surface area (Å²) in [5.41, 5.74) is 0. The summed E-state index contributed by atoms with van der Waals surface area (Å²) in [6.07, 6.45) is 0.789. The highest BCUT2D eigenvalue weighted by molar-refractivity contribution is 5.86. The Bertz CT molecular complexity index is 397. The first-order valence-corrected chi connectivity index (χ1v) is 7.97. The van der Waals surface area contributed by atoms with Crippen molar-refractivity contribution in [2.45, 2.75) is 45.4 Å². The van der Waals surface area contributed by atoms with Crippen LogP contribution in [-0.2, 0) is 19.0 Å². The first kappa shape index (κ1) is 17.0. The van der Waals surface area contributed by atoms with Crippen molar-refractivity contribution in [2.24, 2.45) is 5.92 Å². The van der Waals surface area contributed by atoms with E-state index >= 15 is 0 Å². The standard InChI is InChI=1S/C15H26N2O5/c1-4-20-14(19)16-12(11(2)3)13(18)17-7-5-15(6-8-17)21-9-10-22-15/h11-12H,4-10H2,1-3H3,(H,16,19)/t12-/m1/s1. The minimum atomic E-state index is -0.571. The van der Waals surface area contributed by atoms with Crippen LogP contribution >= 0.6 is 0 Å². The fraction of sp³-hybridized carbons (Fsp3) is 0.867. The van der Waals surface area contributed by atoms with Crippen LogP contribution in [0.15, 0.2) is 0 Å². The number of piperidine rings is 1. The average Bonchev–Trinajstić information content (AvgIpc) is 2.93. The van der Waals surface area contributed by atoms with E-state index in [1.165, 1.54) is 0 Å². The predicted octanol–water partition coefficient (Wildman–Crippen LogP) is 1.12. The van der Waals surface area contributed by atoms with E-state index in [1.807, 2.05) is 13.8 Å². The highest BCUT2D eigenvalue weighted by atomic mass is 16.7. The molecule has 2 rings (SSSR count). The van der Waals surface area contributed by atoms with Gasteiger partial charge in [0.2, 0.25) is 5.91 Å². The van der Waals surface area contributed by atoms with Gasteiger partial charge in [-0.3, -0.25) is 4.79 Å². The van der Waals surface area contributed by atoms with Gasteiger partial charge in [-0.25, -0.2) is 4.79 Å². The number of alkyl carbamates (subject to hydrolysis) is 1. The molecule has 2 fully saturated rings. The molecule has 2 heterocycles. The van der Waals surface area contributed by atoms with Crippen LogP contribution in [0.3, 0.4) is 0 Å². The van der Waals surface area contributed by atoms with Crippen molar-refractivity contribution in [3.63, 3.8) is 0 Å². The summed E-state index contributed by atoms with van der Waals surface area (Å²) in [7, 11) is 0. The number of ether oxygens (including phenoxy) is 3. The Labute approximate surface area is 131 Å². The molecule has 1 atom stereocenters. The third-order valence-electron chi connectivity index (χ3n) is 4.13. The van der Waals surface area contributed by atoms with Crippen molar-refractivity contribution in [3.05, 3.63) is 0 Å². The van der Waals surface area contributed by atoms with Gasteiger partial charge in [0.15, 0.2) is 5.79 Å². The number of amides is 2. The van der Waals surface area contributed by atoms with Gasteiger partial charge in [-0.05, 0) is 12.8 Å². The number of hydrogen-bond acceptors (Lipinski definition) is 5. The zero-order valence-corrected chi connectivity index (χ0v) is 13.6. The first-order chi connectivity index (χ1) is 10.5. The highest BCUT2D eigenvalue weighted by Gasteiger charge is 2.42. The molecule has 0 aromatic rings. The van der Waals surface area contributed by atoms with Crippen LogP contribution in [0.1, 0.15) is 33.6 Å². The number of nitrogens with zero attached hydrogens (tertiary/aromatic N) is 1. The Balaban J connectivity index is 1.92. The van der Waals surface area contributed by atoms with Crippen molar-refractivity contribution in [1.82, 2.24) is 10.2 Å². The molecule has 126 valence electrons. The predicted molar refractivity (Wildman–Crippen MR) is 79.2 cm³/mol. The number of carbonyl (C=O) groups excluding carboxylic acids is 2. The highest BCUT2D eigenvalue weighted by Crippen LogP contribution is 2.31. The van der Waals surface area contributed by atoms with Crippen LogP contribution < -0.4 is 5.32 Å². The van der Waals surface area contributed by atoms with Crippen LogP contribution in [-0.4, -0.2) is 61.6 Å². The Morgan fingerprint density at radius 2 is 1.82 bits per heavy atom. The van der Waals surface area contributed by atoms with Crippen molar-refractivity contribution < 1.29 is 23.8 Å². The topological polar surface area (TPSA) is 77.1 Å². The lowest BCUT2D eigenvalue weighted by molar-refractivity contribution is -0.188. The molecule has 1 N–H and O–H groups in total. The second-order valence-corrected chi connectivity index (χ2v) is 6.02. The number of hydrogen-bond donors (Lipinski definition) is 1. The molecule has 2 amide bonds. The van der Waals surface area contributed by atoms with Gasteiger partial charge in [0, 0.05) is 25.9 Å². The summed E-state index contributed by atoms with van der Waals surface area (Å²) >= 11 is 0. The third kappa shape index (κ3) is 3.89. The fourth-order valence-corrected chi connectivity index (χ4v) is 2.86. The maximum absolute atomic E-state index is 12.7. The summed E-state index contributed by atoms with van der Waals surface area (Å²) in [6.45, 7) is 8.22. The van der Waals surface area contributed by atoms with Gasteiger partial charge in [-0.1, -0.05) is 13.8 Å². The normalized spacial score (nSPS) is 21.9.